The van der Waals surface area contributed by atoms with E-state index in [1.165, 1.54) is 19.9 Å². The summed E-state index contributed by atoms with van der Waals surface area (Å²) < 4.78 is 21.1. The molecule has 0 saturated heterocycles. The van der Waals surface area contributed by atoms with Gasteiger partial charge in [0.25, 0.3) is 0 Å². The average Bonchev–Trinajstić information content (AvgIpc) is 2.93. The molecule has 0 bridgehead atoms. The minimum atomic E-state index is -0.667. The molecule has 0 saturated carbocycles. The Balaban J connectivity index is 1.65. The molecule has 8 heteroatoms. The lowest BCUT2D eigenvalue weighted by Crippen LogP contribution is -2.12. The zero-order valence-corrected chi connectivity index (χ0v) is 22.2. The second kappa shape index (κ2) is 13.5. The number of esters is 4. The van der Waals surface area contributed by atoms with Crippen molar-refractivity contribution in [3.05, 3.63) is 109 Å². The molecule has 40 heavy (non-hydrogen) atoms. The summed E-state index contributed by atoms with van der Waals surface area (Å²) in [6, 6.07) is 18.4. The van der Waals surface area contributed by atoms with Gasteiger partial charge in [0.2, 0.25) is 0 Å². The number of aryl methyl sites for hydroxylation is 1. The third-order valence-corrected chi connectivity index (χ3v) is 5.39. The second-order valence-electron chi connectivity index (χ2n) is 8.77. The maximum atomic E-state index is 12.4. The van der Waals surface area contributed by atoms with Gasteiger partial charge in [-0.1, -0.05) is 50.1 Å². The van der Waals surface area contributed by atoms with Crippen LogP contribution >= 0.6 is 0 Å². The molecule has 0 radical (unpaired) electrons. The van der Waals surface area contributed by atoms with E-state index in [1.807, 2.05) is 0 Å². The monoisotopic (exact) mass is 540 g/mol. The van der Waals surface area contributed by atoms with E-state index in [2.05, 4.69) is 19.7 Å². The first-order valence-corrected chi connectivity index (χ1v) is 12.2. The quantitative estimate of drug-likeness (QED) is 0.167. The van der Waals surface area contributed by atoms with E-state index >= 15 is 0 Å². The number of ether oxygens (including phenoxy) is 4. The first kappa shape index (κ1) is 29.3. The van der Waals surface area contributed by atoms with Crippen molar-refractivity contribution in [2.45, 2.75) is 26.7 Å². The van der Waals surface area contributed by atoms with Crippen molar-refractivity contribution in [1.29, 1.82) is 0 Å². The Hall–Kier alpha value is -5.24. The van der Waals surface area contributed by atoms with Crippen LogP contribution in [0.3, 0.4) is 0 Å². The van der Waals surface area contributed by atoms with Crippen LogP contribution in [-0.2, 0) is 25.6 Å². The number of hydrogen-bond acceptors (Lipinski definition) is 8. The van der Waals surface area contributed by atoms with Crippen LogP contribution < -0.4 is 18.9 Å². The minimum Gasteiger partial charge on any atom is -0.427 e. The Bertz CT molecular complexity index is 1460. The number of carbonyl (C=O) groups excluding carboxylic acids is 4. The van der Waals surface area contributed by atoms with Gasteiger partial charge in [-0.15, -0.1) is 0 Å². The van der Waals surface area contributed by atoms with Crippen LogP contribution in [0.4, 0.5) is 0 Å². The lowest BCUT2D eigenvalue weighted by atomic mass is 10.0. The summed E-state index contributed by atoms with van der Waals surface area (Å²) in [5.74, 6) is -1.42. The highest BCUT2D eigenvalue weighted by molar-refractivity contribution is 5.91. The van der Waals surface area contributed by atoms with E-state index in [0.717, 1.165) is 17.2 Å². The summed E-state index contributed by atoms with van der Waals surface area (Å²) in [5, 5.41) is 0. The third-order valence-electron chi connectivity index (χ3n) is 5.39. The number of carbonyl (C=O) groups is 4. The molecule has 0 N–H and O–H groups in total. The number of hydrogen-bond donors (Lipinski definition) is 0. The Morgan fingerprint density at radius 1 is 0.675 bits per heavy atom. The summed E-state index contributed by atoms with van der Waals surface area (Å²) >= 11 is 0. The Morgan fingerprint density at radius 3 is 1.77 bits per heavy atom. The van der Waals surface area contributed by atoms with E-state index < -0.39 is 23.9 Å². The van der Waals surface area contributed by atoms with Crippen molar-refractivity contribution < 1.29 is 38.1 Å². The first-order valence-electron chi connectivity index (χ1n) is 12.2. The van der Waals surface area contributed by atoms with Gasteiger partial charge >= 0.3 is 23.9 Å². The van der Waals surface area contributed by atoms with Crippen molar-refractivity contribution in [2.24, 2.45) is 0 Å². The molecule has 0 unspecified atom stereocenters. The number of rotatable bonds is 11. The molecule has 0 spiro atoms. The van der Waals surface area contributed by atoms with Crippen LogP contribution in [0.5, 0.6) is 23.0 Å². The molecule has 3 aromatic carbocycles. The predicted octanol–water partition coefficient (Wildman–Crippen LogP) is 5.95. The van der Waals surface area contributed by atoms with Gasteiger partial charge in [0.15, 0.2) is 11.5 Å². The fourth-order valence-electron chi connectivity index (χ4n) is 3.25. The smallest absolute Gasteiger partial charge is 0.338 e. The number of benzene rings is 3. The molecule has 8 nitrogen and oxygen atoms in total. The highest BCUT2D eigenvalue weighted by Crippen LogP contribution is 2.34. The van der Waals surface area contributed by atoms with Gasteiger partial charge in [0, 0.05) is 23.6 Å². The average molecular weight is 541 g/mol. The van der Waals surface area contributed by atoms with Crippen molar-refractivity contribution in [1.82, 2.24) is 0 Å². The van der Waals surface area contributed by atoms with Crippen molar-refractivity contribution in [3.8, 4) is 34.1 Å². The van der Waals surface area contributed by atoms with Gasteiger partial charge in [-0.3, -0.25) is 4.79 Å². The van der Waals surface area contributed by atoms with Crippen LogP contribution in [0.1, 0.15) is 25.8 Å². The Kier molecular flexibility index (Phi) is 9.91. The summed E-state index contributed by atoms with van der Waals surface area (Å²) in [6.45, 7) is 13.5. The van der Waals surface area contributed by atoms with E-state index in [-0.39, 0.29) is 29.1 Å². The maximum Gasteiger partial charge on any atom is 0.338 e. The van der Waals surface area contributed by atoms with Gasteiger partial charge < -0.3 is 18.9 Å². The molecule has 0 heterocycles. The largest absolute Gasteiger partial charge is 0.427 e. The summed E-state index contributed by atoms with van der Waals surface area (Å²) in [7, 11) is 0. The first-order chi connectivity index (χ1) is 19.0. The molecule has 204 valence electrons. The van der Waals surface area contributed by atoms with Gasteiger partial charge in [-0.2, -0.15) is 0 Å². The fraction of sp³-hybridized carbons (Fsp3) is 0.125. The summed E-state index contributed by atoms with van der Waals surface area (Å²) in [4.78, 5) is 47.8. The Labute approximate surface area is 232 Å². The van der Waals surface area contributed by atoms with Crippen LogP contribution in [0, 0.1) is 0 Å². The molecular formula is C32H28O8. The molecule has 0 aliphatic carbocycles. The van der Waals surface area contributed by atoms with Crippen molar-refractivity contribution in [2.75, 3.05) is 0 Å². The van der Waals surface area contributed by atoms with Crippen LogP contribution in [0.25, 0.3) is 11.1 Å². The van der Waals surface area contributed by atoms with E-state index in [4.69, 9.17) is 18.9 Å². The molecule has 0 aromatic heterocycles. The molecule has 0 aliphatic rings. The van der Waals surface area contributed by atoms with Crippen LogP contribution in [0.15, 0.2) is 104 Å². The van der Waals surface area contributed by atoms with Crippen LogP contribution in [-0.4, -0.2) is 23.9 Å². The Morgan fingerprint density at radius 2 is 1.20 bits per heavy atom. The van der Waals surface area contributed by atoms with Crippen LogP contribution in [0.2, 0.25) is 0 Å². The van der Waals surface area contributed by atoms with Crippen molar-refractivity contribution in [3.63, 3.8) is 0 Å². The molecule has 3 rings (SSSR count). The van der Waals surface area contributed by atoms with E-state index in [9.17, 15) is 19.2 Å². The molecule has 0 atom stereocenters. The second-order valence-corrected chi connectivity index (χ2v) is 8.77. The van der Waals surface area contributed by atoms with Gasteiger partial charge in [0.1, 0.15) is 11.5 Å². The predicted molar refractivity (Wildman–Crippen MR) is 149 cm³/mol. The normalized spacial score (nSPS) is 10.2. The summed E-state index contributed by atoms with van der Waals surface area (Å²) in [5.41, 5.74) is 2.66. The topological polar surface area (TPSA) is 105 Å². The lowest BCUT2D eigenvalue weighted by Gasteiger charge is -2.13. The zero-order chi connectivity index (χ0) is 29.2. The standard InChI is InChI=1S/C32H28O8/c1-6-29(33)37-25-13-7-22(8-14-25)9-18-30(34)38-26-15-10-23(11-16-26)24-12-17-27(39-31(35)20(2)3)28(19-24)40-32(36)21(4)5/h6-8,10-17,19H,1-2,4,9,18H2,3,5H3. The van der Waals surface area contributed by atoms with Gasteiger partial charge in [-0.05, 0) is 73.4 Å². The van der Waals surface area contributed by atoms with Gasteiger partial charge in [-0.25, -0.2) is 14.4 Å². The third kappa shape index (κ3) is 8.39. The molecule has 0 fully saturated rings. The highest BCUT2D eigenvalue weighted by Gasteiger charge is 2.16. The lowest BCUT2D eigenvalue weighted by molar-refractivity contribution is -0.134. The van der Waals surface area contributed by atoms with E-state index in [1.54, 1.807) is 60.7 Å². The summed E-state index contributed by atoms with van der Waals surface area (Å²) in [6.07, 6.45) is 1.67. The molecule has 0 aliphatic heterocycles. The zero-order valence-electron chi connectivity index (χ0n) is 22.2. The van der Waals surface area contributed by atoms with Crippen molar-refractivity contribution >= 4 is 23.9 Å². The highest BCUT2D eigenvalue weighted by atomic mass is 16.6. The maximum absolute atomic E-state index is 12.4. The molecular weight excluding hydrogens is 512 g/mol. The van der Waals surface area contributed by atoms with E-state index in [0.29, 0.717) is 23.5 Å². The molecule has 0 amide bonds. The molecule has 3 aromatic rings. The minimum absolute atomic E-state index is 0.0440. The van der Waals surface area contributed by atoms with Gasteiger partial charge in [0.05, 0.1) is 0 Å². The fourth-order valence-corrected chi connectivity index (χ4v) is 3.25. The SMILES string of the molecule is C=CC(=O)Oc1ccc(CCC(=O)Oc2ccc(-c3ccc(OC(=O)C(=C)C)c(OC(=O)C(=C)C)c3)cc2)cc1.